The lowest BCUT2D eigenvalue weighted by molar-refractivity contribution is -0.118. The van der Waals surface area contributed by atoms with Gasteiger partial charge in [0.05, 0.1) is 0 Å². The smallest absolute Gasteiger partial charge is 0.0194 e. The maximum Gasteiger partial charge on any atom is 0.0194 e. The minimum Gasteiger partial charge on any atom is -0.311 e. The molecule has 4 saturated carbocycles. The highest BCUT2D eigenvalue weighted by molar-refractivity contribution is 5.14. The molecular formula is C17H31N. The Kier molecular flexibility index (Phi) is 2.86. The molecule has 0 amide bonds. The van der Waals surface area contributed by atoms with Crippen molar-refractivity contribution in [2.24, 2.45) is 22.7 Å². The maximum atomic E-state index is 4.03. The third-order valence-electron chi connectivity index (χ3n) is 6.15. The van der Waals surface area contributed by atoms with Crippen LogP contribution in [-0.2, 0) is 0 Å². The van der Waals surface area contributed by atoms with Crippen LogP contribution in [0.4, 0.5) is 0 Å². The third-order valence-corrected chi connectivity index (χ3v) is 6.15. The first kappa shape index (κ1) is 13.0. The summed E-state index contributed by atoms with van der Waals surface area (Å²) in [4.78, 5) is 0. The Morgan fingerprint density at radius 1 is 1.06 bits per heavy atom. The van der Waals surface area contributed by atoms with Crippen LogP contribution < -0.4 is 5.32 Å². The van der Waals surface area contributed by atoms with Crippen molar-refractivity contribution in [2.45, 2.75) is 78.2 Å². The molecule has 3 unspecified atom stereocenters. The van der Waals surface area contributed by atoms with Gasteiger partial charge in [0.25, 0.3) is 0 Å². The predicted molar refractivity (Wildman–Crippen MR) is 77.6 cm³/mol. The Morgan fingerprint density at radius 3 is 2.17 bits per heavy atom. The van der Waals surface area contributed by atoms with Crippen molar-refractivity contribution in [3.05, 3.63) is 0 Å². The van der Waals surface area contributed by atoms with Crippen LogP contribution in [0.1, 0.15) is 72.6 Å². The summed E-state index contributed by atoms with van der Waals surface area (Å²) in [5.74, 6) is 1.85. The Bertz CT molecular complexity index is 317. The lowest BCUT2D eigenvalue weighted by Crippen LogP contribution is -2.64. The van der Waals surface area contributed by atoms with Gasteiger partial charge in [-0.2, -0.15) is 0 Å². The molecule has 4 bridgehead atoms. The van der Waals surface area contributed by atoms with E-state index in [0.29, 0.717) is 16.4 Å². The first-order valence-corrected chi connectivity index (χ1v) is 8.11. The molecule has 0 spiro atoms. The average Bonchev–Trinajstić information content (AvgIpc) is 2.21. The van der Waals surface area contributed by atoms with Crippen LogP contribution >= 0.6 is 0 Å². The van der Waals surface area contributed by atoms with E-state index in [1.807, 2.05) is 0 Å². The third kappa shape index (κ3) is 2.13. The van der Waals surface area contributed by atoms with Crippen molar-refractivity contribution in [1.29, 1.82) is 0 Å². The average molecular weight is 249 g/mol. The Labute approximate surface area is 113 Å². The van der Waals surface area contributed by atoms with Crippen molar-refractivity contribution in [2.75, 3.05) is 6.54 Å². The van der Waals surface area contributed by atoms with Crippen LogP contribution in [-0.4, -0.2) is 12.1 Å². The number of rotatable bonds is 4. The molecule has 4 aliphatic carbocycles. The summed E-state index contributed by atoms with van der Waals surface area (Å²) in [7, 11) is 0. The molecule has 3 atom stereocenters. The van der Waals surface area contributed by atoms with Crippen LogP contribution in [0, 0.1) is 22.7 Å². The van der Waals surface area contributed by atoms with E-state index in [0.717, 1.165) is 11.8 Å². The van der Waals surface area contributed by atoms with Crippen molar-refractivity contribution in [3.63, 3.8) is 0 Å². The quantitative estimate of drug-likeness (QED) is 0.780. The van der Waals surface area contributed by atoms with Crippen LogP contribution in [0.5, 0.6) is 0 Å². The molecule has 4 rings (SSSR count). The molecule has 4 fully saturated rings. The van der Waals surface area contributed by atoms with Crippen LogP contribution in [0.2, 0.25) is 0 Å². The van der Waals surface area contributed by atoms with Crippen molar-refractivity contribution >= 4 is 0 Å². The standard InChI is InChI=1S/C17H31N/c1-5-13(2)9-18-17-8-14-6-15(3,11-17)10-16(4,7-14)12-17/h13-14,18H,5-12H2,1-4H3. The van der Waals surface area contributed by atoms with Gasteiger partial charge < -0.3 is 5.32 Å². The highest BCUT2D eigenvalue weighted by Gasteiger charge is 2.59. The number of hydrogen-bond donors (Lipinski definition) is 1. The van der Waals surface area contributed by atoms with Crippen molar-refractivity contribution in [1.82, 2.24) is 5.32 Å². The van der Waals surface area contributed by atoms with Gasteiger partial charge in [-0.3, -0.25) is 0 Å². The minimum atomic E-state index is 0.506. The zero-order valence-electron chi connectivity index (χ0n) is 12.8. The SMILES string of the molecule is CCC(C)CNC12CC3CC(C)(CC(C)(C3)C1)C2. The first-order chi connectivity index (χ1) is 8.36. The van der Waals surface area contributed by atoms with E-state index in [-0.39, 0.29) is 0 Å². The molecule has 0 aromatic carbocycles. The fraction of sp³-hybridized carbons (Fsp3) is 1.00. The van der Waals surface area contributed by atoms with E-state index >= 15 is 0 Å². The highest BCUT2D eigenvalue weighted by Crippen LogP contribution is 2.66. The molecule has 0 aromatic rings. The summed E-state index contributed by atoms with van der Waals surface area (Å²) in [6, 6.07) is 0. The summed E-state index contributed by atoms with van der Waals surface area (Å²) in [6.45, 7) is 11.1. The summed E-state index contributed by atoms with van der Waals surface area (Å²) in [5.41, 5.74) is 1.81. The summed E-state index contributed by atoms with van der Waals surface area (Å²) in [6.07, 6.45) is 10.2. The monoisotopic (exact) mass is 249 g/mol. The predicted octanol–water partition coefficient (Wildman–Crippen LogP) is 4.37. The van der Waals surface area contributed by atoms with E-state index in [4.69, 9.17) is 0 Å². The van der Waals surface area contributed by atoms with E-state index in [9.17, 15) is 0 Å². The van der Waals surface area contributed by atoms with Crippen molar-refractivity contribution < 1.29 is 0 Å². The zero-order valence-corrected chi connectivity index (χ0v) is 12.8. The highest BCUT2D eigenvalue weighted by atomic mass is 15.0. The van der Waals surface area contributed by atoms with Crippen LogP contribution in [0.15, 0.2) is 0 Å². The topological polar surface area (TPSA) is 12.0 Å². The Balaban J connectivity index is 1.76. The fourth-order valence-electron chi connectivity index (χ4n) is 6.18. The zero-order chi connectivity index (χ0) is 13.0. The molecule has 18 heavy (non-hydrogen) atoms. The van der Waals surface area contributed by atoms with E-state index in [1.54, 1.807) is 0 Å². The molecule has 0 saturated heterocycles. The molecule has 0 aliphatic heterocycles. The second-order valence-corrected chi connectivity index (χ2v) is 8.80. The number of hydrogen-bond acceptors (Lipinski definition) is 1. The van der Waals surface area contributed by atoms with Gasteiger partial charge in [-0.05, 0) is 67.7 Å². The van der Waals surface area contributed by atoms with E-state index in [2.05, 4.69) is 33.0 Å². The summed E-state index contributed by atoms with van der Waals surface area (Å²) in [5, 5.41) is 4.03. The van der Waals surface area contributed by atoms with Gasteiger partial charge in [-0.25, -0.2) is 0 Å². The molecular weight excluding hydrogens is 218 g/mol. The van der Waals surface area contributed by atoms with Gasteiger partial charge in [0.15, 0.2) is 0 Å². The normalized spacial score (nSPS) is 51.7. The second kappa shape index (κ2) is 3.98. The van der Waals surface area contributed by atoms with Crippen LogP contribution in [0.25, 0.3) is 0 Å². The van der Waals surface area contributed by atoms with Crippen molar-refractivity contribution in [3.8, 4) is 0 Å². The fourth-order valence-corrected chi connectivity index (χ4v) is 6.18. The van der Waals surface area contributed by atoms with Gasteiger partial charge in [0, 0.05) is 5.54 Å². The number of nitrogens with one attached hydrogen (secondary N) is 1. The molecule has 1 N–H and O–H groups in total. The molecule has 104 valence electrons. The van der Waals surface area contributed by atoms with Gasteiger partial charge in [-0.15, -0.1) is 0 Å². The van der Waals surface area contributed by atoms with Gasteiger partial charge in [0.2, 0.25) is 0 Å². The second-order valence-electron chi connectivity index (χ2n) is 8.80. The van der Waals surface area contributed by atoms with Crippen LogP contribution in [0.3, 0.4) is 0 Å². The molecule has 1 heteroatoms. The largest absolute Gasteiger partial charge is 0.311 e. The van der Waals surface area contributed by atoms with Gasteiger partial charge in [0.1, 0.15) is 0 Å². The molecule has 0 heterocycles. The minimum absolute atomic E-state index is 0.506. The van der Waals surface area contributed by atoms with Gasteiger partial charge >= 0.3 is 0 Å². The summed E-state index contributed by atoms with van der Waals surface area (Å²) < 4.78 is 0. The Morgan fingerprint density at radius 2 is 1.67 bits per heavy atom. The lowest BCUT2D eigenvalue weighted by Gasteiger charge is -2.65. The first-order valence-electron chi connectivity index (χ1n) is 8.11. The van der Waals surface area contributed by atoms with Gasteiger partial charge in [-0.1, -0.05) is 34.1 Å². The molecule has 0 aromatic heterocycles. The van der Waals surface area contributed by atoms with E-state index < -0.39 is 0 Å². The lowest BCUT2D eigenvalue weighted by atomic mass is 9.43. The molecule has 1 nitrogen and oxygen atoms in total. The molecule has 4 aliphatic rings. The Hall–Kier alpha value is -0.0400. The molecule has 0 radical (unpaired) electrons. The van der Waals surface area contributed by atoms with E-state index in [1.165, 1.54) is 51.5 Å². The summed E-state index contributed by atoms with van der Waals surface area (Å²) >= 11 is 0. The maximum absolute atomic E-state index is 4.03.